The Morgan fingerprint density at radius 2 is 2.37 bits per heavy atom. The first-order chi connectivity index (χ1) is 9.15. The number of H-pyrrole nitrogens is 1. The van der Waals surface area contributed by atoms with Crippen LogP contribution in [-0.2, 0) is 0 Å². The van der Waals surface area contributed by atoms with Gasteiger partial charge >= 0.3 is 0 Å². The molecule has 1 aromatic heterocycles. The maximum atomic E-state index is 10.9. The smallest absolute Gasteiger partial charge is 0.264 e. The first-order valence-electron chi connectivity index (χ1n) is 6.82. The Bertz CT molecular complexity index is 474. The molecular weight excluding hydrogens is 240 g/mol. The minimum atomic E-state index is -0.161. The van der Waals surface area contributed by atoms with Crippen LogP contribution in [0.25, 0.3) is 0 Å². The first kappa shape index (κ1) is 14.0. The minimum absolute atomic E-state index is 0.152. The monoisotopic (exact) mass is 262 g/mol. The van der Waals surface area contributed by atoms with Crippen LogP contribution < -0.4 is 10.9 Å². The molecule has 2 heterocycles. The Labute approximate surface area is 113 Å². The van der Waals surface area contributed by atoms with Crippen LogP contribution in [0.1, 0.15) is 32.0 Å². The highest BCUT2D eigenvalue weighted by Gasteiger charge is 2.10. The van der Waals surface area contributed by atoms with Crippen LogP contribution in [0.4, 0.5) is 0 Å². The van der Waals surface area contributed by atoms with Gasteiger partial charge in [-0.05, 0) is 26.3 Å². The number of rotatable bonds is 5. The molecule has 1 atom stereocenters. The Hall–Kier alpha value is -1.46. The highest BCUT2D eigenvalue weighted by Crippen LogP contribution is 2.09. The van der Waals surface area contributed by atoms with Gasteiger partial charge in [-0.1, -0.05) is 11.6 Å². The summed E-state index contributed by atoms with van der Waals surface area (Å²) in [5.74, 6) is 0. The second-order valence-corrected chi connectivity index (χ2v) is 5.12. The normalized spacial score (nSPS) is 18.1. The van der Waals surface area contributed by atoms with Crippen molar-refractivity contribution in [2.75, 3.05) is 26.2 Å². The van der Waals surface area contributed by atoms with Gasteiger partial charge in [0.15, 0.2) is 0 Å². The van der Waals surface area contributed by atoms with Gasteiger partial charge in [-0.25, -0.2) is 5.10 Å². The van der Waals surface area contributed by atoms with E-state index in [2.05, 4.69) is 40.3 Å². The van der Waals surface area contributed by atoms with Crippen LogP contribution in [0, 0.1) is 0 Å². The van der Waals surface area contributed by atoms with Gasteiger partial charge in [0.25, 0.3) is 5.56 Å². The van der Waals surface area contributed by atoms with Crippen LogP contribution in [-0.4, -0.2) is 41.3 Å². The van der Waals surface area contributed by atoms with E-state index in [4.69, 9.17) is 0 Å². The summed E-state index contributed by atoms with van der Waals surface area (Å²) in [6.45, 7) is 8.42. The van der Waals surface area contributed by atoms with E-state index in [0.29, 0.717) is 0 Å². The molecule has 0 saturated carbocycles. The van der Waals surface area contributed by atoms with E-state index in [1.165, 1.54) is 18.1 Å². The third kappa shape index (κ3) is 4.29. The van der Waals surface area contributed by atoms with E-state index in [0.717, 1.165) is 31.9 Å². The van der Waals surface area contributed by atoms with Crippen LogP contribution in [0.5, 0.6) is 0 Å². The molecule has 0 saturated heterocycles. The molecule has 0 bridgehead atoms. The standard InChI is InChI=1S/C14H22N4O/c1-11-5-8-18(9-6-11)10-7-15-12(2)13-3-4-14(19)17-16-13/h3-5,12,15H,6-10H2,1-2H3,(H,17,19). The summed E-state index contributed by atoms with van der Waals surface area (Å²) < 4.78 is 0. The average Bonchev–Trinajstić information content (AvgIpc) is 2.41. The Morgan fingerprint density at radius 1 is 1.53 bits per heavy atom. The average molecular weight is 262 g/mol. The first-order valence-corrected chi connectivity index (χ1v) is 6.82. The summed E-state index contributed by atoms with van der Waals surface area (Å²) in [6, 6.07) is 3.43. The Morgan fingerprint density at radius 3 is 3.00 bits per heavy atom. The van der Waals surface area contributed by atoms with Crippen LogP contribution in [0.2, 0.25) is 0 Å². The van der Waals surface area contributed by atoms with Crippen LogP contribution in [0.15, 0.2) is 28.6 Å². The van der Waals surface area contributed by atoms with Crippen molar-refractivity contribution in [2.45, 2.75) is 26.3 Å². The molecule has 1 unspecified atom stereocenters. The van der Waals surface area contributed by atoms with Crippen molar-refractivity contribution in [2.24, 2.45) is 0 Å². The Kier molecular flexibility index (Phi) is 4.87. The second kappa shape index (κ2) is 6.63. The fraction of sp³-hybridized carbons (Fsp3) is 0.571. The predicted molar refractivity (Wildman–Crippen MR) is 76.1 cm³/mol. The predicted octanol–water partition coefficient (Wildman–Crippen LogP) is 1.07. The number of nitrogens with one attached hydrogen (secondary N) is 2. The highest BCUT2D eigenvalue weighted by molar-refractivity contribution is 5.05. The van der Waals surface area contributed by atoms with E-state index >= 15 is 0 Å². The number of aromatic amines is 1. The summed E-state index contributed by atoms with van der Waals surface area (Å²) in [7, 11) is 0. The van der Waals surface area contributed by atoms with Gasteiger partial charge in [0, 0.05) is 38.3 Å². The molecule has 1 aliphatic rings. The van der Waals surface area contributed by atoms with E-state index in [1.807, 2.05) is 0 Å². The third-order valence-electron chi connectivity index (χ3n) is 3.54. The van der Waals surface area contributed by atoms with Gasteiger partial charge in [-0.2, -0.15) is 5.10 Å². The fourth-order valence-corrected chi connectivity index (χ4v) is 2.16. The number of hydrogen-bond donors (Lipinski definition) is 2. The van der Waals surface area contributed by atoms with E-state index in [1.54, 1.807) is 6.07 Å². The number of aromatic nitrogens is 2. The molecule has 0 aromatic carbocycles. The van der Waals surface area contributed by atoms with E-state index in [9.17, 15) is 4.79 Å². The molecule has 0 fully saturated rings. The lowest BCUT2D eigenvalue weighted by Gasteiger charge is -2.25. The van der Waals surface area contributed by atoms with Crippen molar-refractivity contribution in [1.82, 2.24) is 20.4 Å². The van der Waals surface area contributed by atoms with Crippen molar-refractivity contribution >= 4 is 0 Å². The lowest BCUT2D eigenvalue weighted by atomic mass is 10.1. The maximum Gasteiger partial charge on any atom is 0.264 e. The quantitative estimate of drug-likeness (QED) is 0.779. The van der Waals surface area contributed by atoms with Gasteiger partial charge in [0.05, 0.1) is 5.69 Å². The molecule has 0 spiro atoms. The zero-order valence-electron chi connectivity index (χ0n) is 11.6. The number of hydrogen-bond acceptors (Lipinski definition) is 4. The van der Waals surface area contributed by atoms with Crippen molar-refractivity contribution in [1.29, 1.82) is 0 Å². The third-order valence-corrected chi connectivity index (χ3v) is 3.54. The molecule has 1 aromatic rings. The fourth-order valence-electron chi connectivity index (χ4n) is 2.16. The van der Waals surface area contributed by atoms with Crippen LogP contribution >= 0.6 is 0 Å². The summed E-state index contributed by atoms with van der Waals surface area (Å²) in [5.41, 5.74) is 2.20. The molecule has 5 heteroatoms. The van der Waals surface area contributed by atoms with Crippen molar-refractivity contribution in [3.8, 4) is 0 Å². The summed E-state index contributed by atoms with van der Waals surface area (Å²) >= 11 is 0. The summed E-state index contributed by atoms with van der Waals surface area (Å²) in [4.78, 5) is 13.4. The van der Waals surface area contributed by atoms with Gasteiger partial charge in [0.2, 0.25) is 0 Å². The molecule has 0 radical (unpaired) electrons. The zero-order chi connectivity index (χ0) is 13.7. The molecule has 2 N–H and O–H groups in total. The lowest BCUT2D eigenvalue weighted by Crippen LogP contribution is -2.36. The van der Waals surface area contributed by atoms with Gasteiger partial charge in [0.1, 0.15) is 0 Å². The van der Waals surface area contributed by atoms with Crippen molar-refractivity contribution < 1.29 is 0 Å². The van der Waals surface area contributed by atoms with Gasteiger partial charge in [-0.15, -0.1) is 0 Å². The highest BCUT2D eigenvalue weighted by atomic mass is 16.1. The topological polar surface area (TPSA) is 61.0 Å². The largest absolute Gasteiger partial charge is 0.308 e. The molecule has 0 amide bonds. The SMILES string of the molecule is CC1=CCN(CCNC(C)c2ccc(=O)[nH]n2)CC1. The number of nitrogens with zero attached hydrogens (tertiary/aromatic N) is 2. The minimum Gasteiger partial charge on any atom is -0.308 e. The second-order valence-electron chi connectivity index (χ2n) is 5.12. The maximum absolute atomic E-state index is 10.9. The summed E-state index contributed by atoms with van der Waals surface area (Å²) in [5, 5.41) is 9.92. The lowest BCUT2D eigenvalue weighted by molar-refractivity contribution is 0.288. The van der Waals surface area contributed by atoms with E-state index < -0.39 is 0 Å². The molecule has 19 heavy (non-hydrogen) atoms. The van der Waals surface area contributed by atoms with Gasteiger partial charge < -0.3 is 5.32 Å². The molecule has 104 valence electrons. The van der Waals surface area contributed by atoms with Crippen LogP contribution in [0.3, 0.4) is 0 Å². The Balaban J connectivity index is 1.73. The van der Waals surface area contributed by atoms with Gasteiger partial charge in [-0.3, -0.25) is 9.69 Å². The zero-order valence-corrected chi connectivity index (χ0v) is 11.6. The molecular formula is C14H22N4O. The summed E-state index contributed by atoms with van der Waals surface area (Å²) in [6.07, 6.45) is 3.48. The molecule has 0 aliphatic carbocycles. The van der Waals surface area contributed by atoms with Crippen molar-refractivity contribution in [3.05, 3.63) is 39.8 Å². The van der Waals surface area contributed by atoms with Crippen molar-refractivity contribution in [3.63, 3.8) is 0 Å². The molecule has 2 rings (SSSR count). The molecule has 1 aliphatic heterocycles. The van der Waals surface area contributed by atoms with E-state index in [-0.39, 0.29) is 11.6 Å². The molecule has 5 nitrogen and oxygen atoms in total.